The number of nitrogens with zero attached hydrogens (tertiary/aromatic N) is 1. The van der Waals surface area contributed by atoms with E-state index in [1.165, 1.54) is 0 Å². The van der Waals surface area contributed by atoms with Crippen LogP contribution in [-0.4, -0.2) is 18.0 Å². The zero-order valence-electron chi connectivity index (χ0n) is 7.36. The van der Waals surface area contributed by atoms with Crippen LogP contribution in [0, 0.1) is 0 Å². The van der Waals surface area contributed by atoms with E-state index in [1.807, 2.05) is 24.3 Å². The molecular formula is C10H8N2O2. The van der Waals surface area contributed by atoms with Crippen LogP contribution >= 0.6 is 0 Å². The van der Waals surface area contributed by atoms with Gasteiger partial charge in [0, 0.05) is 12.0 Å². The van der Waals surface area contributed by atoms with Gasteiger partial charge in [-0.2, -0.15) is 4.99 Å². The van der Waals surface area contributed by atoms with Crippen molar-refractivity contribution in [3.05, 3.63) is 29.8 Å². The van der Waals surface area contributed by atoms with Crippen LogP contribution in [0.25, 0.3) is 0 Å². The molecule has 1 aromatic carbocycles. The number of nitrogens with one attached hydrogen (secondary N) is 1. The van der Waals surface area contributed by atoms with E-state index in [-0.39, 0.29) is 12.3 Å². The quantitative estimate of drug-likeness (QED) is 0.667. The number of ether oxygens (including phenoxy) is 1. The van der Waals surface area contributed by atoms with Crippen LogP contribution in [-0.2, 0) is 0 Å². The third kappa shape index (κ3) is 1.00. The van der Waals surface area contributed by atoms with E-state index in [2.05, 4.69) is 10.3 Å². The molecule has 1 N–H and O–H groups in total. The van der Waals surface area contributed by atoms with Gasteiger partial charge in [0.2, 0.25) is 0 Å². The van der Waals surface area contributed by atoms with Crippen molar-refractivity contribution in [3.63, 3.8) is 0 Å². The number of amides is 2. The lowest BCUT2D eigenvalue weighted by Gasteiger charge is -2.30. The zero-order valence-corrected chi connectivity index (χ0v) is 7.36. The van der Waals surface area contributed by atoms with Crippen molar-refractivity contribution in [1.29, 1.82) is 0 Å². The number of carbonyl (C=O) groups excluding carboxylic acids is 1. The van der Waals surface area contributed by atoms with Gasteiger partial charge >= 0.3 is 6.03 Å². The SMILES string of the molecule is O=C1N=C2CC(N1)Oc1ccccc12. The minimum atomic E-state index is -0.314. The molecule has 4 heteroatoms. The smallest absolute Gasteiger partial charge is 0.344 e. The summed E-state index contributed by atoms with van der Waals surface area (Å²) in [7, 11) is 0. The maximum atomic E-state index is 11.1. The topological polar surface area (TPSA) is 50.7 Å². The Balaban J connectivity index is 2.19. The molecule has 4 nitrogen and oxygen atoms in total. The van der Waals surface area contributed by atoms with E-state index in [0.29, 0.717) is 6.42 Å². The molecular weight excluding hydrogens is 180 g/mol. The Morgan fingerprint density at radius 2 is 2.29 bits per heavy atom. The van der Waals surface area contributed by atoms with E-state index >= 15 is 0 Å². The van der Waals surface area contributed by atoms with Crippen LogP contribution in [0.2, 0.25) is 0 Å². The Morgan fingerprint density at radius 1 is 1.43 bits per heavy atom. The molecule has 2 aliphatic rings. The summed E-state index contributed by atoms with van der Waals surface area (Å²) in [5.74, 6) is 0.794. The number of hydrogen-bond acceptors (Lipinski definition) is 2. The molecule has 0 radical (unpaired) electrons. The van der Waals surface area contributed by atoms with E-state index in [9.17, 15) is 4.79 Å². The molecule has 2 aliphatic heterocycles. The Hall–Kier alpha value is -1.84. The summed E-state index contributed by atoms with van der Waals surface area (Å²) in [5, 5.41) is 2.64. The molecule has 2 amide bonds. The van der Waals surface area contributed by atoms with Crippen molar-refractivity contribution in [3.8, 4) is 5.75 Å². The second kappa shape index (κ2) is 2.57. The Kier molecular flexibility index (Phi) is 1.39. The summed E-state index contributed by atoms with van der Waals surface area (Å²) in [5.41, 5.74) is 1.75. The highest BCUT2D eigenvalue weighted by molar-refractivity contribution is 6.10. The minimum absolute atomic E-state index is 0.245. The van der Waals surface area contributed by atoms with Gasteiger partial charge < -0.3 is 10.1 Å². The number of aliphatic imine (C=N–C) groups is 1. The molecule has 0 spiro atoms. The average Bonchev–Trinajstić information content (AvgIpc) is 2.17. The number of rotatable bonds is 0. The van der Waals surface area contributed by atoms with Gasteiger partial charge in [-0.15, -0.1) is 0 Å². The molecule has 1 unspecified atom stereocenters. The maximum Gasteiger partial charge on any atom is 0.344 e. The largest absolute Gasteiger partial charge is 0.469 e. The molecule has 2 bridgehead atoms. The second-order valence-corrected chi connectivity index (χ2v) is 3.31. The Bertz CT molecular complexity index is 440. The fourth-order valence-corrected chi connectivity index (χ4v) is 1.77. The van der Waals surface area contributed by atoms with Crippen molar-refractivity contribution in [2.24, 2.45) is 4.99 Å². The number of benzene rings is 1. The number of fused-ring (bicyclic) bond motifs is 4. The van der Waals surface area contributed by atoms with Crippen LogP contribution in [0.5, 0.6) is 5.75 Å². The molecule has 14 heavy (non-hydrogen) atoms. The van der Waals surface area contributed by atoms with Crippen molar-refractivity contribution in [1.82, 2.24) is 5.32 Å². The lowest BCUT2D eigenvalue weighted by molar-refractivity contribution is 0.162. The van der Waals surface area contributed by atoms with Gasteiger partial charge in [0.05, 0.1) is 5.71 Å². The summed E-state index contributed by atoms with van der Waals surface area (Å²) in [6.45, 7) is 0. The molecule has 3 rings (SSSR count). The van der Waals surface area contributed by atoms with Gasteiger partial charge in [0.15, 0.2) is 6.23 Å². The summed E-state index contributed by atoms with van der Waals surface area (Å²) in [4.78, 5) is 15.0. The summed E-state index contributed by atoms with van der Waals surface area (Å²) >= 11 is 0. The lowest BCUT2D eigenvalue weighted by Crippen LogP contribution is -2.46. The van der Waals surface area contributed by atoms with Crippen molar-refractivity contribution in [2.75, 3.05) is 0 Å². The summed E-state index contributed by atoms with van der Waals surface area (Å²) < 4.78 is 5.56. The lowest BCUT2D eigenvalue weighted by atomic mass is 10.0. The zero-order chi connectivity index (χ0) is 9.54. The molecule has 0 fully saturated rings. The maximum absolute atomic E-state index is 11.1. The third-order valence-corrected chi connectivity index (χ3v) is 2.37. The predicted octanol–water partition coefficient (Wildman–Crippen LogP) is 1.31. The van der Waals surface area contributed by atoms with E-state index < -0.39 is 0 Å². The van der Waals surface area contributed by atoms with Crippen LogP contribution in [0.3, 0.4) is 0 Å². The number of urea groups is 1. The molecule has 0 aliphatic carbocycles. The molecule has 0 saturated carbocycles. The van der Waals surface area contributed by atoms with Crippen molar-refractivity contribution in [2.45, 2.75) is 12.6 Å². The molecule has 1 atom stereocenters. The van der Waals surface area contributed by atoms with Gasteiger partial charge in [0.25, 0.3) is 0 Å². The first-order chi connectivity index (χ1) is 6.83. The van der Waals surface area contributed by atoms with Crippen LogP contribution in [0.4, 0.5) is 4.79 Å². The Labute approximate surface area is 80.6 Å². The predicted molar refractivity (Wildman–Crippen MR) is 50.5 cm³/mol. The van der Waals surface area contributed by atoms with Crippen molar-refractivity contribution >= 4 is 11.7 Å². The highest BCUT2D eigenvalue weighted by atomic mass is 16.5. The first kappa shape index (κ1) is 7.55. The molecule has 0 aromatic heterocycles. The second-order valence-electron chi connectivity index (χ2n) is 3.31. The molecule has 70 valence electrons. The normalized spacial score (nSPS) is 23.0. The highest BCUT2D eigenvalue weighted by Gasteiger charge is 2.29. The van der Waals surface area contributed by atoms with Gasteiger partial charge in [-0.05, 0) is 12.1 Å². The van der Waals surface area contributed by atoms with Gasteiger partial charge in [0.1, 0.15) is 5.75 Å². The minimum Gasteiger partial charge on any atom is -0.469 e. The van der Waals surface area contributed by atoms with E-state index in [4.69, 9.17) is 4.74 Å². The van der Waals surface area contributed by atoms with E-state index in [1.54, 1.807) is 0 Å². The first-order valence-corrected chi connectivity index (χ1v) is 4.47. The van der Waals surface area contributed by atoms with Crippen LogP contribution in [0.1, 0.15) is 12.0 Å². The molecule has 0 saturated heterocycles. The monoisotopic (exact) mass is 188 g/mol. The number of para-hydroxylation sites is 1. The molecule has 1 aromatic rings. The summed E-state index contributed by atoms with van der Waals surface area (Å²) in [6, 6.07) is 7.31. The fourth-order valence-electron chi connectivity index (χ4n) is 1.77. The standard InChI is InChI=1S/C10H8N2O2/c13-10-11-7-5-9(12-10)14-8-4-2-1-3-6(7)8/h1-4,9H,5H2,(H,12,13). The van der Waals surface area contributed by atoms with Crippen LogP contribution in [0.15, 0.2) is 29.3 Å². The fraction of sp³-hybridized carbons (Fsp3) is 0.200. The first-order valence-electron chi connectivity index (χ1n) is 4.47. The van der Waals surface area contributed by atoms with Gasteiger partial charge in [-0.3, -0.25) is 0 Å². The Morgan fingerprint density at radius 3 is 3.21 bits per heavy atom. The number of hydrogen-bond donors (Lipinski definition) is 1. The third-order valence-electron chi connectivity index (χ3n) is 2.37. The molecule has 2 heterocycles. The van der Waals surface area contributed by atoms with Crippen molar-refractivity contribution < 1.29 is 9.53 Å². The van der Waals surface area contributed by atoms with E-state index in [0.717, 1.165) is 17.0 Å². The number of carbonyl (C=O) groups is 1. The summed E-state index contributed by atoms with van der Waals surface area (Å²) in [6.07, 6.45) is 0.410. The van der Waals surface area contributed by atoms with Crippen LogP contribution < -0.4 is 10.1 Å². The highest BCUT2D eigenvalue weighted by Crippen LogP contribution is 2.28. The van der Waals surface area contributed by atoms with Gasteiger partial charge in [-0.25, -0.2) is 4.79 Å². The average molecular weight is 188 g/mol. The van der Waals surface area contributed by atoms with Gasteiger partial charge in [-0.1, -0.05) is 12.1 Å².